The summed E-state index contributed by atoms with van der Waals surface area (Å²) in [7, 11) is 0. The van der Waals surface area contributed by atoms with Crippen LogP contribution in [0.4, 0.5) is 0 Å². The van der Waals surface area contributed by atoms with Crippen molar-refractivity contribution in [3.63, 3.8) is 0 Å². The standard InChI is InChI=1S/C25H20N2O3/c26-17-22(18-27)15-21-7-4-8-25(16-21)29-14-13-28-23-9-11-24(12-10-23)30-19-20-5-2-1-3-6-20/h1-12,15-16H,13-14,19H2. The topological polar surface area (TPSA) is 75.3 Å². The zero-order chi connectivity index (χ0) is 21.0. The van der Waals surface area contributed by atoms with Gasteiger partial charge in [-0.05, 0) is 53.6 Å². The van der Waals surface area contributed by atoms with E-state index in [2.05, 4.69) is 0 Å². The second-order valence-electron chi connectivity index (χ2n) is 6.30. The smallest absolute Gasteiger partial charge is 0.130 e. The van der Waals surface area contributed by atoms with E-state index in [1.807, 2.05) is 78.9 Å². The monoisotopic (exact) mass is 396 g/mol. The summed E-state index contributed by atoms with van der Waals surface area (Å²) in [6, 6.07) is 28.3. The Morgan fingerprint density at radius 3 is 2.00 bits per heavy atom. The van der Waals surface area contributed by atoms with Gasteiger partial charge in [-0.3, -0.25) is 0 Å². The van der Waals surface area contributed by atoms with Gasteiger partial charge in [0.1, 0.15) is 54.8 Å². The highest BCUT2D eigenvalue weighted by molar-refractivity contribution is 5.62. The van der Waals surface area contributed by atoms with E-state index in [4.69, 9.17) is 24.7 Å². The lowest BCUT2D eigenvalue weighted by Crippen LogP contribution is -2.09. The van der Waals surface area contributed by atoms with Gasteiger partial charge in [0.05, 0.1) is 0 Å². The maximum atomic E-state index is 8.84. The molecule has 148 valence electrons. The van der Waals surface area contributed by atoms with Crippen LogP contribution in [0, 0.1) is 22.7 Å². The van der Waals surface area contributed by atoms with Gasteiger partial charge in [0, 0.05) is 0 Å². The van der Waals surface area contributed by atoms with Crippen molar-refractivity contribution in [2.75, 3.05) is 13.2 Å². The van der Waals surface area contributed by atoms with E-state index in [1.54, 1.807) is 12.1 Å². The van der Waals surface area contributed by atoms with Gasteiger partial charge in [-0.2, -0.15) is 10.5 Å². The Labute approximate surface area is 176 Å². The minimum Gasteiger partial charge on any atom is -0.490 e. The van der Waals surface area contributed by atoms with Gasteiger partial charge in [-0.1, -0.05) is 42.5 Å². The predicted octanol–water partition coefficient (Wildman–Crippen LogP) is 5.15. The third kappa shape index (κ3) is 6.44. The summed E-state index contributed by atoms with van der Waals surface area (Å²) in [5.41, 5.74) is 1.90. The van der Waals surface area contributed by atoms with E-state index < -0.39 is 0 Å². The van der Waals surface area contributed by atoms with Gasteiger partial charge in [0.15, 0.2) is 0 Å². The number of nitriles is 2. The average Bonchev–Trinajstić information content (AvgIpc) is 2.80. The van der Waals surface area contributed by atoms with Crippen LogP contribution in [0.15, 0.2) is 84.4 Å². The molecule has 0 heterocycles. The Kier molecular flexibility index (Phi) is 7.48. The molecule has 0 aromatic heterocycles. The van der Waals surface area contributed by atoms with Gasteiger partial charge in [-0.15, -0.1) is 0 Å². The van der Waals surface area contributed by atoms with Crippen LogP contribution >= 0.6 is 0 Å². The van der Waals surface area contributed by atoms with Crippen LogP contribution in [0.3, 0.4) is 0 Å². The molecule has 0 spiro atoms. The number of nitrogens with zero attached hydrogens (tertiary/aromatic N) is 2. The molecule has 0 bridgehead atoms. The molecule has 0 N–H and O–H groups in total. The summed E-state index contributed by atoms with van der Waals surface area (Å²) in [4.78, 5) is 0. The highest BCUT2D eigenvalue weighted by Gasteiger charge is 2.00. The lowest BCUT2D eigenvalue weighted by molar-refractivity contribution is 0.217. The second kappa shape index (κ2) is 10.9. The summed E-state index contributed by atoms with van der Waals surface area (Å²) in [5, 5.41) is 17.7. The molecule has 0 amide bonds. The van der Waals surface area contributed by atoms with Gasteiger partial charge < -0.3 is 14.2 Å². The minimum atomic E-state index is 0.0479. The van der Waals surface area contributed by atoms with Crippen molar-refractivity contribution in [1.29, 1.82) is 10.5 Å². The molecule has 3 aromatic rings. The summed E-state index contributed by atoms with van der Waals surface area (Å²) in [5.74, 6) is 2.16. The van der Waals surface area contributed by atoms with Crippen LogP contribution < -0.4 is 14.2 Å². The molecule has 3 aromatic carbocycles. The van der Waals surface area contributed by atoms with Crippen LogP contribution in [0.25, 0.3) is 6.08 Å². The molecule has 0 aliphatic carbocycles. The lowest BCUT2D eigenvalue weighted by atomic mass is 10.1. The maximum Gasteiger partial charge on any atom is 0.130 e. The quantitative estimate of drug-likeness (QED) is 0.369. The van der Waals surface area contributed by atoms with Crippen molar-refractivity contribution in [3.8, 4) is 29.4 Å². The largest absolute Gasteiger partial charge is 0.490 e. The maximum absolute atomic E-state index is 8.84. The fourth-order valence-electron chi connectivity index (χ4n) is 2.64. The molecule has 3 rings (SSSR count). The number of rotatable bonds is 9. The summed E-state index contributed by atoms with van der Waals surface area (Å²) < 4.78 is 17.1. The van der Waals surface area contributed by atoms with Crippen LogP contribution in [0.1, 0.15) is 11.1 Å². The van der Waals surface area contributed by atoms with Crippen molar-refractivity contribution >= 4 is 6.08 Å². The van der Waals surface area contributed by atoms with Gasteiger partial charge in [-0.25, -0.2) is 0 Å². The highest BCUT2D eigenvalue weighted by atomic mass is 16.5. The molecule has 5 nitrogen and oxygen atoms in total. The zero-order valence-electron chi connectivity index (χ0n) is 16.3. The Morgan fingerprint density at radius 1 is 0.700 bits per heavy atom. The number of ether oxygens (including phenoxy) is 3. The van der Waals surface area contributed by atoms with E-state index in [0.29, 0.717) is 25.6 Å². The number of benzene rings is 3. The third-order valence-electron chi connectivity index (χ3n) is 4.10. The van der Waals surface area contributed by atoms with Crippen LogP contribution in [0.2, 0.25) is 0 Å². The fourth-order valence-corrected chi connectivity index (χ4v) is 2.64. The molecular weight excluding hydrogens is 376 g/mol. The second-order valence-corrected chi connectivity index (χ2v) is 6.30. The number of hydrogen-bond acceptors (Lipinski definition) is 5. The molecule has 0 saturated heterocycles. The molecule has 30 heavy (non-hydrogen) atoms. The average molecular weight is 396 g/mol. The van der Waals surface area contributed by atoms with Gasteiger partial charge in [0.25, 0.3) is 0 Å². The normalized spacial score (nSPS) is 9.67. The van der Waals surface area contributed by atoms with Crippen molar-refractivity contribution < 1.29 is 14.2 Å². The van der Waals surface area contributed by atoms with Crippen molar-refractivity contribution in [2.45, 2.75) is 6.61 Å². The fraction of sp³-hybridized carbons (Fsp3) is 0.120. The van der Waals surface area contributed by atoms with E-state index >= 15 is 0 Å². The SMILES string of the molecule is N#CC(C#N)=Cc1cccc(OCCOc2ccc(OCc3ccccc3)cc2)c1. The van der Waals surface area contributed by atoms with Crippen molar-refractivity contribution in [2.24, 2.45) is 0 Å². The molecular formula is C25H20N2O3. The van der Waals surface area contributed by atoms with Crippen LogP contribution in [-0.2, 0) is 6.61 Å². The molecule has 0 aliphatic heterocycles. The Morgan fingerprint density at radius 2 is 1.33 bits per heavy atom. The minimum absolute atomic E-state index is 0.0479. The molecule has 0 aliphatic rings. The molecule has 0 unspecified atom stereocenters. The van der Waals surface area contributed by atoms with Crippen LogP contribution in [0.5, 0.6) is 17.2 Å². The van der Waals surface area contributed by atoms with Crippen LogP contribution in [-0.4, -0.2) is 13.2 Å². The number of allylic oxidation sites excluding steroid dienone is 1. The van der Waals surface area contributed by atoms with Gasteiger partial charge in [0.2, 0.25) is 0 Å². The van der Waals surface area contributed by atoms with E-state index in [0.717, 1.165) is 22.6 Å². The van der Waals surface area contributed by atoms with E-state index in [-0.39, 0.29) is 5.57 Å². The zero-order valence-corrected chi connectivity index (χ0v) is 16.3. The third-order valence-corrected chi connectivity index (χ3v) is 4.10. The Hall–Kier alpha value is -4.22. The first-order valence-electron chi connectivity index (χ1n) is 9.41. The first-order valence-corrected chi connectivity index (χ1v) is 9.41. The molecule has 5 heteroatoms. The highest BCUT2D eigenvalue weighted by Crippen LogP contribution is 2.19. The molecule has 0 atom stereocenters. The first kappa shape index (κ1) is 20.5. The van der Waals surface area contributed by atoms with Gasteiger partial charge >= 0.3 is 0 Å². The lowest BCUT2D eigenvalue weighted by Gasteiger charge is -2.10. The molecule has 0 fully saturated rings. The summed E-state index contributed by atoms with van der Waals surface area (Å²) in [6.45, 7) is 1.27. The van der Waals surface area contributed by atoms with E-state index in [9.17, 15) is 0 Å². The summed E-state index contributed by atoms with van der Waals surface area (Å²) in [6.07, 6.45) is 1.52. The summed E-state index contributed by atoms with van der Waals surface area (Å²) >= 11 is 0. The Bertz CT molecular complexity index is 1050. The van der Waals surface area contributed by atoms with Crippen molar-refractivity contribution in [3.05, 3.63) is 95.6 Å². The van der Waals surface area contributed by atoms with Crippen molar-refractivity contribution in [1.82, 2.24) is 0 Å². The predicted molar refractivity (Wildman–Crippen MR) is 114 cm³/mol. The molecule has 0 radical (unpaired) electrons. The number of hydrogen-bond donors (Lipinski definition) is 0. The molecule has 0 saturated carbocycles. The first-order chi connectivity index (χ1) is 14.8. The van der Waals surface area contributed by atoms with E-state index in [1.165, 1.54) is 6.08 Å². The Balaban J connectivity index is 1.43.